The van der Waals surface area contributed by atoms with Crippen molar-refractivity contribution < 1.29 is 19.4 Å². The van der Waals surface area contributed by atoms with Crippen molar-refractivity contribution in [3.63, 3.8) is 0 Å². The Hall–Kier alpha value is -2.89. The number of likely N-dealkylation sites (N-methyl/N-ethyl adjacent to an activating group) is 1. The molecule has 0 aliphatic rings. The number of ether oxygens (including phenoxy) is 2. The van der Waals surface area contributed by atoms with Crippen molar-refractivity contribution in [3.05, 3.63) is 77.4 Å². The van der Waals surface area contributed by atoms with Gasteiger partial charge in [0.1, 0.15) is 12.4 Å². The zero-order valence-electron chi connectivity index (χ0n) is 17.3. The Bertz CT molecular complexity index is 999. The van der Waals surface area contributed by atoms with Crippen LogP contribution in [0.1, 0.15) is 34.5 Å². The molecule has 0 aromatic heterocycles. The highest BCUT2D eigenvalue weighted by molar-refractivity contribution is 5.89. The van der Waals surface area contributed by atoms with Crippen LogP contribution in [0.3, 0.4) is 0 Å². The van der Waals surface area contributed by atoms with Crippen LogP contribution in [0.4, 0.5) is 0 Å². The van der Waals surface area contributed by atoms with Crippen LogP contribution in [0.15, 0.2) is 60.7 Å². The Morgan fingerprint density at radius 2 is 1.76 bits per heavy atom. The molecule has 1 N–H and O–H groups in total. The Morgan fingerprint density at radius 1 is 1.03 bits per heavy atom. The van der Waals surface area contributed by atoms with Crippen LogP contribution >= 0.6 is 0 Å². The maximum absolute atomic E-state index is 11.7. The zero-order valence-corrected chi connectivity index (χ0v) is 17.3. The fourth-order valence-electron chi connectivity index (χ4n) is 3.15. The molecular formula is C24H27NO4. The molecule has 29 heavy (non-hydrogen) atoms. The van der Waals surface area contributed by atoms with E-state index >= 15 is 0 Å². The molecule has 3 aromatic rings. The fraction of sp³-hybridized carbons (Fsp3) is 0.292. The minimum atomic E-state index is -0.549. The van der Waals surface area contributed by atoms with E-state index in [0.717, 1.165) is 27.6 Å². The zero-order chi connectivity index (χ0) is 21.0. The van der Waals surface area contributed by atoms with Gasteiger partial charge in [-0.1, -0.05) is 30.3 Å². The third kappa shape index (κ3) is 4.94. The lowest BCUT2D eigenvalue weighted by Gasteiger charge is -2.25. The highest BCUT2D eigenvalue weighted by Gasteiger charge is 2.18. The topological polar surface area (TPSA) is 59.0 Å². The number of carbonyl (C=O) groups excluding carboxylic acids is 1. The molecule has 0 saturated heterocycles. The number of aliphatic hydroxyl groups is 1. The second-order valence-electron chi connectivity index (χ2n) is 7.40. The number of fused-ring (bicyclic) bond motifs is 1. The van der Waals surface area contributed by atoms with Gasteiger partial charge in [-0.15, -0.1) is 0 Å². The van der Waals surface area contributed by atoms with Crippen molar-refractivity contribution >= 4 is 16.7 Å². The van der Waals surface area contributed by atoms with Gasteiger partial charge < -0.3 is 19.5 Å². The Balaban J connectivity index is 1.73. The third-order valence-corrected chi connectivity index (χ3v) is 5.20. The van der Waals surface area contributed by atoms with E-state index < -0.39 is 6.10 Å². The number of hydrogen-bond donors (Lipinski definition) is 1. The summed E-state index contributed by atoms with van der Waals surface area (Å²) in [6, 6.07) is 19.1. The first-order valence-corrected chi connectivity index (χ1v) is 9.57. The molecule has 2 unspecified atom stereocenters. The predicted molar refractivity (Wildman–Crippen MR) is 114 cm³/mol. The molecule has 0 saturated carbocycles. The summed E-state index contributed by atoms with van der Waals surface area (Å²) in [6.07, 6.45) is -0.549. The standard InChI is InChI=1S/C24H27NO4/c1-16(25(2)3)23(26)20-9-8-19-14-22(11-10-18(19)13-20)29-15-17-6-5-7-21(12-17)24(27)28-4/h5-14,16,23,26H,15H2,1-4H3. The summed E-state index contributed by atoms with van der Waals surface area (Å²) in [4.78, 5) is 13.7. The molecule has 2 atom stereocenters. The molecule has 3 rings (SSSR count). The molecule has 0 heterocycles. The SMILES string of the molecule is COC(=O)c1cccc(COc2ccc3cc(C(O)C(C)N(C)C)ccc3c2)c1. The lowest BCUT2D eigenvalue weighted by atomic mass is 9.99. The highest BCUT2D eigenvalue weighted by atomic mass is 16.5. The molecule has 152 valence electrons. The minimum absolute atomic E-state index is 0.0239. The normalized spacial score (nSPS) is 13.3. The Kier molecular flexibility index (Phi) is 6.52. The average molecular weight is 393 g/mol. The summed E-state index contributed by atoms with van der Waals surface area (Å²) in [7, 11) is 5.28. The molecule has 3 aromatic carbocycles. The van der Waals surface area contributed by atoms with E-state index in [0.29, 0.717) is 12.2 Å². The van der Waals surface area contributed by atoms with Gasteiger partial charge in [-0.2, -0.15) is 0 Å². The summed E-state index contributed by atoms with van der Waals surface area (Å²) in [6.45, 7) is 2.36. The summed E-state index contributed by atoms with van der Waals surface area (Å²) in [5.74, 6) is 0.384. The molecule has 0 aliphatic carbocycles. The van der Waals surface area contributed by atoms with Gasteiger partial charge in [-0.05, 0) is 73.3 Å². The smallest absolute Gasteiger partial charge is 0.337 e. The summed E-state index contributed by atoms with van der Waals surface area (Å²) >= 11 is 0. The fourth-order valence-corrected chi connectivity index (χ4v) is 3.15. The van der Waals surface area contributed by atoms with E-state index in [2.05, 4.69) is 0 Å². The number of nitrogens with zero attached hydrogens (tertiary/aromatic N) is 1. The monoisotopic (exact) mass is 393 g/mol. The van der Waals surface area contributed by atoms with Crippen molar-refractivity contribution in [3.8, 4) is 5.75 Å². The van der Waals surface area contributed by atoms with Gasteiger partial charge in [-0.25, -0.2) is 4.79 Å². The van der Waals surface area contributed by atoms with E-state index in [1.54, 1.807) is 12.1 Å². The summed E-state index contributed by atoms with van der Waals surface area (Å²) in [5, 5.41) is 12.7. The Morgan fingerprint density at radius 3 is 2.48 bits per heavy atom. The van der Waals surface area contributed by atoms with Gasteiger partial charge in [0, 0.05) is 6.04 Å². The number of hydrogen-bond acceptors (Lipinski definition) is 5. The van der Waals surface area contributed by atoms with Crippen LogP contribution in [0.5, 0.6) is 5.75 Å². The molecule has 0 radical (unpaired) electrons. The van der Waals surface area contributed by atoms with E-state index in [-0.39, 0.29) is 12.0 Å². The second-order valence-corrected chi connectivity index (χ2v) is 7.40. The quantitative estimate of drug-likeness (QED) is 0.610. The van der Waals surface area contributed by atoms with Crippen LogP contribution in [-0.4, -0.2) is 43.2 Å². The van der Waals surface area contributed by atoms with E-state index in [4.69, 9.17) is 9.47 Å². The van der Waals surface area contributed by atoms with Gasteiger partial charge in [0.25, 0.3) is 0 Å². The Labute approximate surface area is 171 Å². The maximum atomic E-state index is 11.7. The van der Waals surface area contributed by atoms with Gasteiger partial charge >= 0.3 is 5.97 Å². The molecule has 5 heteroatoms. The molecular weight excluding hydrogens is 366 g/mol. The van der Waals surface area contributed by atoms with Gasteiger partial charge in [0.05, 0.1) is 18.8 Å². The number of benzene rings is 3. The number of esters is 1. The van der Waals surface area contributed by atoms with E-state index in [1.165, 1.54) is 7.11 Å². The van der Waals surface area contributed by atoms with Crippen LogP contribution in [0.2, 0.25) is 0 Å². The first kappa shape index (κ1) is 20.8. The minimum Gasteiger partial charge on any atom is -0.489 e. The number of carbonyl (C=O) groups is 1. The average Bonchev–Trinajstić information content (AvgIpc) is 2.75. The number of aliphatic hydroxyl groups excluding tert-OH is 1. The molecule has 0 fully saturated rings. The molecule has 0 spiro atoms. The van der Waals surface area contributed by atoms with Crippen LogP contribution in [-0.2, 0) is 11.3 Å². The highest BCUT2D eigenvalue weighted by Crippen LogP contribution is 2.27. The third-order valence-electron chi connectivity index (χ3n) is 5.20. The van der Waals surface area contributed by atoms with Gasteiger partial charge in [0.15, 0.2) is 0 Å². The molecule has 0 amide bonds. The van der Waals surface area contributed by atoms with Crippen molar-refractivity contribution in [2.75, 3.05) is 21.2 Å². The van der Waals surface area contributed by atoms with Crippen molar-refractivity contribution in [1.82, 2.24) is 4.90 Å². The van der Waals surface area contributed by atoms with Crippen LogP contribution in [0, 0.1) is 0 Å². The summed E-state index contributed by atoms with van der Waals surface area (Å²) in [5.41, 5.74) is 2.29. The predicted octanol–water partition coefficient (Wildman–Crippen LogP) is 4.19. The molecule has 0 bridgehead atoms. The lowest BCUT2D eigenvalue weighted by molar-refractivity contribution is 0.0600. The van der Waals surface area contributed by atoms with Gasteiger partial charge in [0.2, 0.25) is 0 Å². The lowest BCUT2D eigenvalue weighted by Crippen LogP contribution is -2.30. The van der Waals surface area contributed by atoms with Crippen molar-refractivity contribution in [2.24, 2.45) is 0 Å². The van der Waals surface area contributed by atoms with Crippen molar-refractivity contribution in [1.29, 1.82) is 0 Å². The van der Waals surface area contributed by atoms with Crippen molar-refractivity contribution in [2.45, 2.75) is 25.7 Å². The summed E-state index contributed by atoms with van der Waals surface area (Å²) < 4.78 is 10.7. The van der Waals surface area contributed by atoms with Gasteiger partial charge in [-0.3, -0.25) is 0 Å². The number of rotatable bonds is 7. The van der Waals surface area contributed by atoms with Crippen LogP contribution in [0.25, 0.3) is 10.8 Å². The maximum Gasteiger partial charge on any atom is 0.337 e. The number of methoxy groups -OCH3 is 1. The van der Waals surface area contributed by atoms with Crippen LogP contribution < -0.4 is 4.74 Å². The first-order valence-electron chi connectivity index (χ1n) is 9.57. The van der Waals surface area contributed by atoms with E-state index in [1.807, 2.05) is 74.4 Å². The molecule has 5 nitrogen and oxygen atoms in total. The first-order chi connectivity index (χ1) is 13.9. The molecule has 0 aliphatic heterocycles. The second kappa shape index (κ2) is 9.07. The van der Waals surface area contributed by atoms with E-state index in [9.17, 15) is 9.90 Å². The largest absolute Gasteiger partial charge is 0.489 e.